The molecule has 8 heteroatoms. The number of rotatable bonds is 4. The molecule has 0 aliphatic heterocycles. The Morgan fingerprint density at radius 3 is 2.41 bits per heavy atom. The maximum Gasteiger partial charge on any atom is 0.272 e. The SMILES string of the molecule is NS(=O)(=O)c1ccccc1C(=O)N/N=C/c1ccc(Cl)cc1. The van der Waals surface area contributed by atoms with Crippen LogP contribution >= 0.6 is 11.6 Å². The first-order valence-corrected chi connectivity index (χ1v) is 8.01. The van der Waals surface area contributed by atoms with Gasteiger partial charge < -0.3 is 0 Å². The Bertz CT molecular complexity index is 817. The number of primary sulfonamides is 1. The summed E-state index contributed by atoms with van der Waals surface area (Å²) in [6.45, 7) is 0. The molecule has 2 aromatic carbocycles. The standard InChI is InChI=1S/C14H12ClN3O3S/c15-11-7-5-10(6-8-11)9-17-18-14(19)12-3-1-2-4-13(12)22(16,20)21/h1-9H,(H,18,19)(H2,16,20,21)/b17-9+. The molecular weight excluding hydrogens is 326 g/mol. The van der Waals surface area contributed by atoms with E-state index in [1.807, 2.05) is 0 Å². The third-order valence-electron chi connectivity index (χ3n) is 2.69. The van der Waals surface area contributed by atoms with Crippen LogP contribution in [0.5, 0.6) is 0 Å². The molecule has 0 fully saturated rings. The number of amides is 1. The Balaban J connectivity index is 2.15. The number of carbonyl (C=O) groups is 1. The molecule has 0 radical (unpaired) electrons. The molecule has 3 N–H and O–H groups in total. The van der Waals surface area contributed by atoms with Gasteiger partial charge in [0, 0.05) is 5.02 Å². The maximum atomic E-state index is 12.0. The van der Waals surface area contributed by atoms with Crippen LogP contribution in [0.2, 0.25) is 5.02 Å². The predicted molar refractivity (Wildman–Crippen MR) is 84.3 cm³/mol. The Morgan fingerprint density at radius 2 is 1.77 bits per heavy atom. The van der Waals surface area contributed by atoms with E-state index in [2.05, 4.69) is 10.5 Å². The molecule has 0 spiro atoms. The minimum Gasteiger partial charge on any atom is -0.267 e. The number of halogens is 1. The molecule has 0 aliphatic carbocycles. The maximum absolute atomic E-state index is 12.0. The second kappa shape index (κ2) is 6.69. The number of nitrogens with zero attached hydrogens (tertiary/aromatic N) is 1. The summed E-state index contributed by atoms with van der Waals surface area (Å²) in [5.74, 6) is -0.671. The van der Waals surface area contributed by atoms with E-state index in [0.29, 0.717) is 5.02 Å². The second-order valence-corrected chi connectivity index (χ2v) is 6.26. The first kappa shape index (κ1) is 16.2. The number of benzene rings is 2. The van der Waals surface area contributed by atoms with Crippen molar-refractivity contribution >= 4 is 33.7 Å². The van der Waals surface area contributed by atoms with Crippen molar-refractivity contribution < 1.29 is 13.2 Å². The number of carbonyl (C=O) groups excluding carboxylic acids is 1. The van der Waals surface area contributed by atoms with Crippen molar-refractivity contribution in [2.24, 2.45) is 10.2 Å². The molecule has 22 heavy (non-hydrogen) atoms. The van der Waals surface area contributed by atoms with Gasteiger partial charge in [0.05, 0.1) is 16.7 Å². The van der Waals surface area contributed by atoms with E-state index in [0.717, 1.165) is 5.56 Å². The molecule has 0 saturated carbocycles. The summed E-state index contributed by atoms with van der Waals surface area (Å²) in [6.07, 6.45) is 1.41. The van der Waals surface area contributed by atoms with E-state index >= 15 is 0 Å². The Labute approximate surface area is 132 Å². The molecular formula is C14H12ClN3O3S. The van der Waals surface area contributed by atoms with Gasteiger partial charge in [0.15, 0.2) is 0 Å². The van der Waals surface area contributed by atoms with Crippen LogP contribution in [-0.4, -0.2) is 20.5 Å². The number of nitrogens with two attached hydrogens (primary N) is 1. The highest BCUT2D eigenvalue weighted by Crippen LogP contribution is 2.13. The summed E-state index contributed by atoms with van der Waals surface area (Å²) in [5, 5.41) is 9.42. The fraction of sp³-hybridized carbons (Fsp3) is 0. The van der Waals surface area contributed by atoms with Gasteiger partial charge in [0.1, 0.15) is 0 Å². The molecule has 1 amide bonds. The van der Waals surface area contributed by atoms with Gasteiger partial charge >= 0.3 is 0 Å². The van der Waals surface area contributed by atoms with Crippen molar-refractivity contribution in [1.29, 1.82) is 0 Å². The summed E-state index contributed by atoms with van der Waals surface area (Å²) >= 11 is 5.75. The lowest BCUT2D eigenvalue weighted by molar-refractivity contribution is 0.0952. The van der Waals surface area contributed by atoms with Gasteiger partial charge in [-0.1, -0.05) is 35.9 Å². The van der Waals surface area contributed by atoms with Crippen molar-refractivity contribution in [2.45, 2.75) is 4.90 Å². The highest BCUT2D eigenvalue weighted by Gasteiger charge is 2.18. The fourth-order valence-corrected chi connectivity index (χ4v) is 2.54. The summed E-state index contributed by atoms with van der Waals surface area (Å²) in [5.41, 5.74) is 2.91. The minimum absolute atomic E-state index is 0.0711. The summed E-state index contributed by atoms with van der Waals surface area (Å²) < 4.78 is 22.9. The molecule has 0 unspecified atom stereocenters. The molecule has 6 nitrogen and oxygen atoms in total. The third kappa shape index (κ3) is 4.14. The van der Waals surface area contributed by atoms with Gasteiger partial charge in [-0.15, -0.1) is 0 Å². The predicted octanol–water partition coefficient (Wildman–Crippen LogP) is 1.75. The van der Waals surface area contributed by atoms with Crippen molar-refractivity contribution in [2.75, 3.05) is 0 Å². The van der Waals surface area contributed by atoms with Crippen LogP contribution in [0.1, 0.15) is 15.9 Å². The van der Waals surface area contributed by atoms with Crippen LogP contribution in [-0.2, 0) is 10.0 Å². The fourth-order valence-electron chi connectivity index (χ4n) is 1.68. The molecule has 0 saturated heterocycles. The lowest BCUT2D eigenvalue weighted by Crippen LogP contribution is -2.23. The normalized spacial score (nSPS) is 11.5. The number of sulfonamides is 1. The van der Waals surface area contributed by atoms with E-state index in [1.54, 1.807) is 24.3 Å². The van der Waals surface area contributed by atoms with E-state index < -0.39 is 15.9 Å². The summed E-state index contributed by atoms with van der Waals surface area (Å²) in [7, 11) is -3.99. The van der Waals surface area contributed by atoms with Gasteiger partial charge in [-0.3, -0.25) is 4.79 Å². The quantitative estimate of drug-likeness (QED) is 0.656. The van der Waals surface area contributed by atoms with Crippen LogP contribution in [0.15, 0.2) is 58.5 Å². The number of hydrazone groups is 1. The molecule has 2 aromatic rings. The first-order chi connectivity index (χ1) is 10.4. The first-order valence-electron chi connectivity index (χ1n) is 6.09. The number of nitrogens with one attached hydrogen (secondary N) is 1. The molecule has 114 valence electrons. The molecule has 0 bridgehead atoms. The molecule has 0 aromatic heterocycles. The molecule has 0 heterocycles. The van der Waals surface area contributed by atoms with Gasteiger partial charge in [-0.2, -0.15) is 5.10 Å². The van der Waals surface area contributed by atoms with E-state index in [4.69, 9.17) is 16.7 Å². The van der Waals surface area contributed by atoms with Crippen LogP contribution in [0.3, 0.4) is 0 Å². The van der Waals surface area contributed by atoms with Crippen molar-refractivity contribution in [3.63, 3.8) is 0 Å². The second-order valence-electron chi connectivity index (χ2n) is 4.29. The van der Waals surface area contributed by atoms with Crippen LogP contribution in [0.4, 0.5) is 0 Å². The number of hydrogen-bond acceptors (Lipinski definition) is 4. The van der Waals surface area contributed by atoms with Crippen LogP contribution < -0.4 is 10.6 Å². The third-order valence-corrected chi connectivity index (χ3v) is 3.91. The van der Waals surface area contributed by atoms with E-state index in [9.17, 15) is 13.2 Å². The van der Waals surface area contributed by atoms with Gasteiger partial charge in [0.25, 0.3) is 5.91 Å². The van der Waals surface area contributed by atoms with E-state index in [1.165, 1.54) is 30.5 Å². The zero-order chi connectivity index (χ0) is 16.2. The summed E-state index contributed by atoms with van der Waals surface area (Å²) in [6, 6.07) is 12.4. The lowest BCUT2D eigenvalue weighted by atomic mass is 10.2. The van der Waals surface area contributed by atoms with Crippen molar-refractivity contribution in [3.05, 3.63) is 64.7 Å². The van der Waals surface area contributed by atoms with E-state index in [-0.39, 0.29) is 10.5 Å². The summed E-state index contributed by atoms with van der Waals surface area (Å²) in [4.78, 5) is 11.7. The topological polar surface area (TPSA) is 102 Å². The zero-order valence-corrected chi connectivity index (χ0v) is 12.8. The Morgan fingerprint density at radius 1 is 1.14 bits per heavy atom. The monoisotopic (exact) mass is 337 g/mol. The van der Waals surface area contributed by atoms with Gasteiger partial charge in [-0.25, -0.2) is 19.0 Å². The smallest absolute Gasteiger partial charge is 0.267 e. The largest absolute Gasteiger partial charge is 0.272 e. The van der Waals surface area contributed by atoms with Gasteiger partial charge in [0.2, 0.25) is 10.0 Å². The van der Waals surface area contributed by atoms with Crippen LogP contribution in [0.25, 0.3) is 0 Å². The van der Waals surface area contributed by atoms with Crippen LogP contribution in [0, 0.1) is 0 Å². The average molecular weight is 338 g/mol. The van der Waals surface area contributed by atoms with Crippen molar-refractivity contribution in [1.82, 2.24) is 5.43 Å². The highest BCUT2D eigenvalue weighted by atomic mass is 35.5. The van der Waals surface area contributed by atoms with Gasteiger partial charge in [-0.05, 0) is 29.8 Å². The molecule has 0 aliphatic rings. The minimum atomic E-state index is -3.99. The number of hydrogen-bond donors (Lipinski definition) is 2. The Kier molecular flexibility index (Phi) is 4.92. The molecule has 2 rings (SSSR count). The Hall–Kier alpha value is -2.22. The lowest BCUT2D eigenvalue weighted by Gasteiger charge is -2.05. The van der Waals surface area contributed by atoms with Crippen molar-refractivity contribution in [3.8, 4) is 0 Å². The average Bonchev–Trinajstić information content (AvgIpc) is 2.48. The molecule has 0 atom stereocenters. The zero-order valence-electron chi connectivity index (χ0n) is 11.2. The highest BCUT2D eigenvalue weighted by molar-refractivity contribution is 7.89.